The minimum atomic E-state index is 0.213. The molecule has 0 amide bonds. The van der Waals surface area contributed by atoms with Gasteiger partial charge in [-0.25, -0.2) is 4.98 Å². The topological polar surface area (TPSA) is 55.6 Å². The Kier molecular flexibility index (Phi) is 4.08. The van der Waals surface area contributed by atoms with E-state index in [2.05, 4.69) is 34.3 Å². The van der Waals surface area contributed by atoms with Crippen molar-refractivity contribution in [3.63, 3.8) is 0 Å². The maximum atomic E-state index is 4.48. The second-order valence-electron chi connectivity index (χ2n) is 4.87. The monoisotopic (exact) mass is 299 g/mol. The summed E-state index contributed by atoms with van der Waals surface area (Å²) in [6.45, 7) is 4.85. The lowest BCUT2D eigenvalue weighted by atomic mass is 10.3. The van der Waals surface area contributed by atoms with Crippen molar-refractivity contribution in [3.8, 4) is 5.69 Å². The van der Waals surface area contributed by atoms with Crippen molar-refractivity contribution in [2.24, 2.45) is 0 Å². The van der Waals surface area contributed by atoms with Crippen LogP contribution in [0.15, 0.2) is 42.7 Å². The molecule has 1 unspecified atom stereocenters. The molecule has 0 saturated heterocycles. The lowest BCUT2D eigenvalue weighted by Crippen LogP contribution is -2.18. The van der Waals surface area contributed by atoms with Gasteiger partial charge in [-0.15, -0.1) is 11.3 Å². The lowest BCUT2D eigenvalue weighted by Gasteiger charge is -2.09. The van der Waals surface area contributed by atoms with Gasteiger partial charge in [-0.2, -0.15) is 15.0 Å². The van der Waals surface area contributed by atoms with Crippen LogP contribution in [0.5, 0.6) is 0 Å². The highest BCUT2D eigenvalue weighted by atomic mass is 32.1. The van der Waals surface area contributed by atoms with E-state index in [0.717, 1.165) is 16.4 Å². The zero-order valence-corrected chi connectivity index (χ0v) is 12.8. The van der Waals surface area contributed by atoms with Crippen LogP contribution in [0, 0.1) is 6.92 Å². The zero-order valence-electron chi connectivity index (χ0n) is 12.0. The molecule has 2 heterocycles. The van der Waals surface area contributed by atoms with Gasteiger partial charge in [-0.3, -0.25) is 0 Å². The molecule has 1 atom stereocenters. The van der Waals surface area contributed by atoms with Crippen LogP contribution in [0.4, 0.5) is 0 Å². The van der Waals surface area contributed by atoms with Gasteiger partial charge in [-0.05, 0) is 26.0 Å². The van der Waals surface area contributed by atoms with Gasteiger partial charge in [0.2, 0.25) is 0 Å². The third kappa shape index (κ3) is 3.34. The molecule has 0 saturated carbocycles. The first-order valence-electron chi connectivity index (χ1n) is 6.85. The van der Waals surface area contributed by atoms with Gasteiger partial charge < -0.3 is 5.32 Å². The van der Waals surface area contributed by atoms with E-state index in [1.165, 1.54) is 4.88 Å². The van der Waals surface area contributed by atoms with Crippen LogP contribution in [-0.2, 0) is 6.54 Å². The van der Waals surface area contributed by atoms with Crippen LogP contribution < -0.4 is 5.32 Å². The van der Waals surface area contributed by atoms with E-state index in [4.69, 9.17) is 0 Å². The number of para-hydroxylation sites is 1. The van der Waals surface area contributed by atoms with Gasteiger partial charge in [-0.1, -0.05) is 18.2 Å². The van der Waals surface area contributed by atoms with E-state index in [9.17, 15) is 0 Å². The molecule has 1 N–H and O–H groups in total. The number of nitrogens with zero attached hydrogens (tertiary/aromatic N) is 4. The Hall–Kier alpha value is -2.05. The molecule has 0 radical (unpaired) electrons. The number of hydrogen-bond acceptors (Lipinski definition) is 5. The standard InChI is InChI=1S/C15H17N5S/c1-11-8-17-15(21-11)12(2)16-9-13-10-18-20(19-13)14-6-4-3-5-7-14/h3-8,10,12,16H,9H2,1-2H3. The maximum Gasteiger partial charge on any atom is 0.109 e. The number of aryl methyl sites for hydroxylation is 1. The van der Waals surface area contributed by atoms with Crippen LogP contribution in [0.25, 0.3) is 5.69 Å². The summed E-state index contributed by atoms with van der Waals surface area (Å²) in [6, 6.07) is 10.1. The van der Waals surface area contributed by atoms with Gasteiger partial charge in [0.25, 0.3) is 0 Å². The average Bonchev–Trinajstić information content (AvgIpc) is 3.15. The summed E-state index contributed by atoms with van der Waals surface area (Å²) in [5.74, 6) is 0. The molecule has 21 heavy (non-hydrogen) atoms. The Morgan fingerprint density at radius 3 is 2.76 bits per heavy atom. The van der Waals surface area contributed by atoms with Crippen LogP contribution in [-0.4, -0.2) is 20.0 Å². The Morgan fingerprint density at radius 1 is 1.24 bits per heavy atom. The summed E-state index contributed by atoms with van der Waals surface area (Å²) >= 11 is 1.72. The highest BCUT2D eigenvalue weighted by Crippen LogP contribution is 2.19. The first-order valence-corrected chi connectivity index (χ1v) is 7.66. The van der Waals surface area contributed by atoms with Gasteiger partial charge in [0.1, 0.15) is 5.01 Å². The van der Waals surface area contributed by atoms with E-state index in [-0.39, 0.29) is 6.04 Å². The van der Waals surface area contributed by atoms with Crippen molar-refractivity contribution < 1.29 is 0 Å². The predicted molar refractivity (Wildman–Crippen MR) is 83.5 cm³/mol. The Morgan fingerprint density at radius 2 is 2.05 bits per heavy atom. The van der Waals surface area contributed by atoms with E-state index >= 15 is 0 Å². The quantitative estimate of drug-likeness (QED) is 0.787. The molecule has 108 valence electrons. The predicted octanol–water partition coefficient (Wildman–Crippen LogP) is 2.88. The number of benzene rings is 1. The minimum absolute atomic E-state index is 0.213. The highest BCUT2D eigenvalue weighted by molar-refractivity contribution is 7.11. The molecular weight excluding hydrogens is 282 g/mol. The van der Waals surface area contributed by atoms with Crippen LogP contribution in [0.1, 0.15) is 28.5 Å². The smallest absolute Gasteiger partial charge is 0.109 e. The summed E-state index contributed by atoms with van der Waals surface area (Å²) in [5.41, 5.74) is 1.88. The number of hydrogen-bond donors (Lipinski definition) is 1. The minimum Gasteiger partial charge on any atom is -0.302 e. The molecule has 2 aromatic heterocycles. The first-order chi connectivity index (χ1) is 10.2. The summed E-state index contributed by atoms with van der Waals surface area (Å²) in [7, 11) is 0. The summed E-state index contributed by atoms with van der Waals surface area (Å²) < 4.78 is 0. The van der Waals surface area contributed by atoms with Crippen LogP contribution in [0.2, 0.25) is 0 Å². The maximum absolute atomic E-state index is 4.48. The fourth-order valence-electron chi connectivity index (χ4n) is 1.98. The van der Waals surface area contributed by atoms with Gasteiger partial charge in [0.05, 0.1) is 23.6 Å². The van der Waals surface area contributed by atoms with E-state index in [1.54, 1.807) is 22.3 Å². The van der Waals surface area contributed by atoms with Crippen molar-refractivity contribution >= 4 is 11.3 Å². The first kappa shape index (κ1) is 13.9. The molecule has 0 aliphatic heterocycles. The third-order valence-electron chi connectivity index (χ3n) is 3.13. The molecule has 6 heteroatoms. The molecule has 0 aliphatic carbocycles. The van der Waals surface area contributed by atoms with E-state index in [0.29, 0.717) is 6.54 Å². The van der Waals surface area contributed by atoms with E-state index < -0.39 is 0 Å². The van der Waals surface area contributed by atoms with Crippen molar-refractivity contribution in [1.29, 1.82) is 0 Å². The van der Waals surface area contributed by atoms with Crippen molar-refractivity contribution in [3.05, 3.63) is 58.3 Å². The number of thiazole rings is 1. The van der Waals surface area contributed by atoms with Gasteiger partial charge >= 0.3 is 0 Å². The zero-order chi connectivity index (χ0) is 14.7. The number of rotatable bonds is 5. The number of nitrogens with one attached hydrogen (secondary N) is 1. The second kappa shape index (κ2) is 6.15. The molecular formula is C15H17N5S. The Balaban J connectivity index is 1.63. The third-order valence-corrected chi connectivity index (χ3v) is 4.22. The van der Waals surface area contributed by atoms with Crippen LogP contribution in [0.3, 0.4) is 0 Å². The van der Waals surface area contributed by atoms with Crippen molar-refractivity contribution in [2.45, 2.75) is 26.4 Å². The highest BCUT2D eigenvalue weighted by Gasteiger charge is 2.10. The Bertz CT molecular complexity index is 704. The molecule has 0 bridgehead atoms. The summed E-state index contributed by atoms with van der Waals surface area (Å²) in [4.78, 5) is 7.27. The van der Waals surface area contributed by atoms with Gasteiger partial charge in [0, 0.05) is 17.6 Å². The van der Waals surface area contributed by atoms with Gasteiger partial charge in [0.15, 0.2) is 0 Å². The van der Waals surface area contributed by atoms with Crippen LogP contribution >= 0.6 is 11.3 Å². The molecule has 5 nitrogen and oxygen atoms in total. The number of aromatic nitrogens is 4. The van der Waals surface area contributed by atoms with E-state index in [1.807, 2.05) is 36.5 Å². The fraction of sp³-hybridized carbons (Fsp3) is 0.267. The summed E-state index contributed by atoms with van der Waals surface area (Å²) in [5, 5.41) is 13.3. The molecule has 3 rings (SSSR count). The largest absolute Gasteiger partial charge is 0.302 e. The van der Waals surface area contributed by atoms with Crippen molar-refractivity contribution in [1.82, 2.24) is 25.3 Å². The fourth-order valence-corrected chi connectivity index (χ4v) is 2.78. The SMILES string of the molecule is Cc1cnc(C(C)NCc2cnn(-c3ccccc3)n2)s1. The Labute approximate surface area is 127 Å². The second-order valence-corrected chi connectivity index (χ2v) is 6.14. The van der Waals surface area contributed by atoms with Crippen molar-refractivity contribution in [2.75, 3.05) is 0 Å². The lowest BCUT2D eigenvalue weighted by molar-refractivity contribution is 0.561. The molecule has 0 fully saturated rings. The molecule has 0 aliphatic rings. The average molecular weight is 299 g/mol. The summed E-state index contributed by atoms with van der Waals surface area (Å²) in [6.07, 6.45) is 3.70. The molecule has 0 spiro atoms. The molecule has 1 aromatic carbocycles. The molecule has 3 aromatic rings. The normalized spacial score (nSPS) is 12.5.